The van der Waals surface area contributed by atoms with Crippen LogP contribution >= 0.6 is 0 Å². The summed E-state index contributed by atoms with van der Waals surface area (Å²) in [5, 5.41) is 9.02. The zero-order valence-electron chi connectivity index (χ0n) is 10.7. The smallest absolute Gasteiger partial charge is 0.307 e. The van der Waals surface area contributed by atoms with Gasteiger partial charge in [0.05, 0.1) is 11.7 Å². The van der Waals surface area contributed by atoms with Crippen molar-refractivity contribution in [2.75, 3.05) is 18.8 Å². The van der Waals surface area contributed by atoms with E-state index in [1.807, 2.05) is 6.92 Å². The summed E-state index contributed by atoms with van der Waals surface area (Å²) >= 11 is 0. The number of piperidine rings is 1. The third kappa shape index (κ3) is 4.10. The number of sulfonamides is 1. The Balaban J connectivity index is 2.68. The fourth-order valence-electron chi connectivity index (χ4n) is 2.25. The highest BCUT2D eigenvalue weighted by Crippen LogP contribution is 2.24. The van der Waals surface area contributed by atoms with E-state index in [4.69, 9.17) is 5.11 Å². The Morgan fingerprint density at radius 1 is 1.50 bits per heavy atom. The summed E-state index contributed by atoms with van der Waals surface area (Å²) in [5.41, 5.74) is 0. The van der Waals surface area contributed by atoms with Crippen molar-refractivity contribution in [3.63, 3.8) is 0 Å². The molecule has 0 aliphatic carbocycles. The average molecular weight is 275 g/mol. The molecule has 6 heteroatoms. The van der Waals surface area contributed by atoms with Gasteiger partial charge < -0.3 is 5.11 Å². The van der Waals surface area contributed by atoms with Gasteiger partial charge in [0.15, 0.2) is 0 Å². The lowest BCUT2D eigenvalue weighted by molar-refractivity contribution is -0.143. The molecule has 0 amide bonds. The number of hydrogen-bond donors (Lipinski definition) is 1. The van der Waals surface area contributed by atoms with E-state index in [9.17, 15) is 13.2 Å². The van der Waals surface area contributed by atoms with E-state index >= 15 is 0 Å². The predicted octanol–water partition coefficient (Wildman–Crippen LogP) is 1.33. The number of carboxylic acids is 1. The van der Waals surface area contributed by atoms with Crippen LogP contribution in [0.25, 0.3) is 0 Å². The molecule has 0 spiro atoms. The van der Waals surface area contributed by atoms with Crippen molar-refractivity contribution < 1.29 is 18.3 Å². The third-order valence-corrected chi connectivity index (χ3v) is 5.07. The first kappa shape index (κ1) is 15.2. The summed E-state index contributed by atoms with van der Waals surface area (Å²) < 4.78 is 25.5. The van der Waals surface area contributed by atoms with E-state index in [1.54, 1.807) is 6.08 Å². The Morgan fingerprint density at radius 2 is 2.17 bits per heavy atom. The van der Waals surface area contributed by atoms with Crippen molar-refractivity contribution in [2.45, 2.75) is 26.2 Å². The number of aliphatic carboxylic acids is 1. The molecular weight excluding hydrogens is 254 g/mol. The summed E-state index contributed by atoms with van der Waals surface area (Å²) in [5.74, 6) is -1.33. The molecule has 1 aliphatic rings. The molecule has 18 heavy (non-hydrogen) atoms. The van der Waals surface area contributed by atoms with Crippen LogP contribution in [0.3, 0.4) is 0 Å². The molecule has 1 fully saturated rings. The van der Waals surface area contributed by atoms with Crippen LogP contribution in [0.2, 0.25) is 0 Å². The van der Waals surface area contributed by atoms with Crippen LogP contribution in [0, 0.1) is 11.8 Å². The monoisotopic (exact) mass is 275 g/mol. The van der Waals surface area contributed by atoms with Gasteiger partial charge in [-0.25, -0.2) is 12.7 Å². The number of allylic oxidation sites excluding steroid dienone is 1. The lowest BCUT2D eigenvalue weighted by Gasteiger charge is -2.33. The van der Waals surface area contributed by atoms with Gasteiger partial charge in [0.2, 0.25) is 10.0 Å². The summed E-state index contributed by atoms with van der Waals surface area (Å²) in [7, 11) is -3.33. The quantitative estimate of drug-likeness (QED) is 0.586. The summed E-state index contributed by atoms with van der Waals surface area (Å²) in [6.45, 7) is 5.98. The summed E-state index contributed by atoms with van der Waals surface area (Å²) in [6.07, 6.45) is 3.43. The predicted molar refractivity (Wildman–Crippen MR) is 69.7 cm³/mol. The van der Waals surface area contributed by atoms with Crippen LogP contribution in [0.1, 0.15) is 26.2 Å². The van der Waals surface area contributed by atoms with Gasteiger partial charge in [0.25, 0.3) is 0 Å². The molecule has 0 bridgehead atoms. The molecule has 1 heterocycles. The first-order valence-corrected chi connectivity index (χ1v) is 7.79. The molecule has 0 saturated carbocycles. The van der Waals surface area contributed by atoms with Crippen molar-refractivity contribution in [3.8, 4) is 0 Å². The molecule has 1 saturated heterocycles. The maximum atomic E-state index is 12.1. The average Bonchev–Trinajstić information content (AvgIpc) is 2.28. The number of nitrogens with zero attached hydrogens (tertiary/aromatic N) is 1. The van der Waals surface area contributed by atoms with E-state index in [0.717, 1.165) is 0 Å². The SMILES string of the molecule is C=CCCCS(=O)(=O)N1CC(C)CC(C(=O)O)C1. The second-order valence-electron chi connectivity index (χ2n) is 4.94. The fraction of sp³-hybridized carbons (Fsp3) is 0.750. The van der Waals surface area contributed by atoms with Crippen molar-refractivity contribution in [1.29, 1.82) is 0 Å². The zero-order chi connectivity index (χ0) is 13.8. The third-order valence-electron chi connectivity index (χ3n) is 3.18. The van der Waals surface area contributed by atoms with Crippen LogP contribution in [-0.4, -0.2) is 42.6 Å². The minimum atomic E-state index is -3.33. The molecule has 0 aromatic rings. The first-order valence-electron chi connectivity index (χ1n) is 6.18. The largest absolute Gasteiger partial charge is 0.481 e. The topological polar surface area (TPSA) is 74.7 Å². The minimum absolute atomic E-state index is 0.0675. The van der Waals surface area contributed by atoms with E-state index in [0.29, 0.717) is 25.8 Å². The molecular formula is C12H21NO4S. The molecule has 0 aromatic carbocycles. The Bertz CT molecular complexity index is 404. The maximum absolute atomic E-state index is 12.1. The Hall–Kier alpha value is -0.880. The van der Waals surface area contributed by atoms with Crippen molar-refractivity contribution in [3.05, 3.63) is 12.7 Å². The minimum Gasteiger partial charge on any atom is -0.481 e. The highest BCUT2D eigenvalue weighted by molar-refractivity contribution is 7.89. The Morgan fingerprint density at radius 3 is 2.72 bits per heavy atom. The van der Waals surface area contributed by atoms with Crippen LogP contribution in [0.15, 0.2) is 12.7 Å². The van der Waals surface area contributed by atoms with E-state index in [1.165, 1.54) is 4.31 Å². The standard InChI is InChI=1S/C12H21NO4S/c1-3-4-5-6-18(16,17)13-8-10(2)7-11(9-13)12(14)15/h3,10-11H,1,4-9H2,2H3,(H,14,15). The van der Waals surface area contributed by atoms with Crippen LogP contribution in [0.4, 0.5) is 0 Å². The number of rotatable bonds is 6. The van der Waals surface area contributed by atoms with E-state index in [-0.39, 0.29) is 18.2 Å². The van der Waals surface area contributed by atoms with Gasteiger partial charge >= 0.3 is 5.97 Å². The normalized spacial score (nSPS) is 25.8. The van der Waals surface area contributed by atoms with Gasteiger partial charge in [-0.1, -0.05) is 13.0 Å². The zero-order valence-corrected chi connectivity index (χ0v) is 11.5. The van der Waals surface area contributed by atoms with Gasteiger partial charge in [-0.2, -0.15) is 0 Å². The van der Waals surface area contributed by atoms with Gasteiger partial charge in [-0.3, -0.25) is 4.79 Å². The highest BCUT2D eigenvalue weighted by Gasteiger charge is 2.34. The van der Waals surface area contributed by atoms with Crippen LogP contribution in [0.5, 0.6) is 0 Å². The highest BCUT2D eigenvalue weighted by atomic mass is 32.2. The number of carboxylic acid groups (broad SMARTS) is 1. The maximum Gasteiger partial charge on any atom is 0.307 e. The number of carbonyl (C=O) groups is 1. The van der Waals surface area contributed by atoms with Gasteiger partial charge in [0.1, 0.15) is 0 Å². The van der Waals surface area contributed by atoms with Crippen molar-refractivity contribution >= 4 is 16.0 Å². The van der Waals surface area contributed by atoms with E-state index in [2.05, 4.69) is 6.58 Å². The lowest BCUT2D eigenvalue weighted by Crippen LogP contribution is -2.46. The van der Waals surface area contributed by atoms with Crippen molar-refractivity contribution in [1.82, 2.24) is 4.31 Å². The molecule has 2 atom stereocenters. The molecule has 2 unspecified atom stereocenters. The van der Waals surface area contributed by atoms with Crippen LogP contribution < -0.4 is 0 Å². The molecule has 5 nitrogen and oxygen atoms in total. The Kier molecular flexibility index (Phi) is 5.34. The van der Waals surface area contributed by atoms with Gasteiger partial charge in [-0.15, -0.1) is 6.58 Å². The van der Waals surface area contributed by atoms with Crippen LogP contribution in [-0.2, 0) is 14.8 Å². The molecule has 0 aromatic heterocycles. The lowest BCUT2D eigenvalue weighted by atomic mass is 9.92. The molecule has 1 N–H and O–H groups in total. The second kappa shape index (κ2) is 6.33. The number of hydrogen-bond acceptors (Lipinski definition) is 3. The number of unbranched alkanes of at least 4 members (excludes halogenated alkanes) is 1. The Labute approximate surface area is 109 Å². The molecule has 0 radical (unpaired) electrons. The van der Waals surface area contributed by atoms with Gasteiger partial charge in [-0.05, 0) is 25.2 Å². The summed E-state index contributed by atoms with van der Waals surface area (Å²) in [4.78, 5) is 11.0. The summed E-state index contributed by atoms with van der Waals surface area (Å²) in [6, 6.07) is 0. The molecule has 1 aliphatic heterocycles. The second-order valence-corrected chi connectivity index (χ2v) is 7.03. The first-order chi connectivity index (χ1) is 8.36. The van der Waals surface area contributed by atoms with Gasteiger partial charge in [0, 0.05) is 13.1 Å². The van der Waals surface area contributed by atoms with Crippen molar-refractivity contribution in [2.24, 2.45) is 11.8 Å². The molecule has 1 rings (SSSR count). The molecule has 104 valence electrons. The van der Waals surface area contributed by atoms with E-state index < -0.39 is 21.9 Å². The fourth-order valence-corrected chi connectivity index (χ4v) is 3.93.